The number of hydrogen-bond donors (Lipinski definition) is 5. The fourth-order valence-corrected chi connectivity index (χ4v) is 2.71. The van der Waals surface area contributed by atoms with Crippen LogP contribution in [-0.4, -0.2) is 32.8 Å². The Morgan fingerprint density at radius 2 is 1.53 bits per heavy atom. The number of carbonyl (C=O) groups excluding carboxylic acids is 1. The fourth-order valence-electron chi connectivity index (χ4n) is 2.71. The largest absolute Gasteiger partial charge is 0.508 e. The van der Waals surface area contributed by atoms with Crippen LogP contribution in [0.25, 0.3) is 10.8 Å². The van der Waals surface area contributed by atoms with Gasteiger partial charge in [0.15, 0.2) is 0 Å². The highest BCUT2D eigenvalue weighted by molar-refractivity contribution is 5.98. The summed E-state index contributed by atoms with van der Waals surface area (Å²) >= 11 is 0. The Bertz CT molecular complexity index is 1280. The molecule has 0 aliphatic heterocycles. The van der Waals surface area contributed by atoms with E-state index in [0.29, 0.717) is 16.8 Å². The number of hydrogen-bond acceptors (Lipinski definition) is 7. The zero-order valence-corrected chi connectivity index (χ0v) is 18.4. The van der Waals surface area contributed by atoms with Crippen molar-refractivity contribution in [2.24, 2.45) is 16.8 Å². The first-order valence-corrected chi connectivity index (χ1v) is 10.0. The molecule has 9 heteroatoms. The Labute approximate surface area is 196 Å². The van der Waals surface area contributed by atoms with Crippen LogP contribution in [0.3, 0.4) is 0 Å². The summed E-state index contributed by atoms with van der Waals surface area (Å²) in [7, 11) is 0. The predicted molar refractivity (Wildman–Crippen MR) is 131 cm³/mol. The summed E-state index contributed by atoms with van der Waals surface area (Å²) in [6.07, 6.45) is 3.06. The minimum atomic E-state index is -0.884. The van der Waals surface area contributed by atoms with Crippen molar-refractivity contribution in [1.82, 2.24) is 10.4 Å². The number of phenols is 1. The third-order valence-electron chi connectivity index (χ3n) is 4.53. The van der Waals surface area contributed by atoms with Gasteiger partial charge >= 0.3 is 5.97 Å². The van der Waals surface area contributed by atoms with Crippen LogP contribution in [0.1, 0.15) is 33.2 Å². The van der Waals surface area contributed by atoms with Crippen molar-refractivity contribution in [2.75, 3.05) is 0 Å². The fraction of sp³-hybridized carbons (Fsp3) is 0.0400. The molecular weight excluding hydrogens is 434 g/mol. The molecule has 0 radical (unpaired) electrons. The Morgan fingerprint density at radius 1 is 0.853 bits per heavy atom. The van der Waals surface area contributed by atoms with Crippen LogP contribution in [-0.2, 0) is 0 Å². The molecule has 1 heterocycles. The Balaban J connectivity index is 0.000000182. The first kappa shape index (κ1) is 25.5. The van der Waals surface area contributed by atoms with E-state index < -0.39 is 5.97 Å². The number of nitrogen functional groups attached to an aromatic ring is 1. The first-order chi connectivity index (χ1) is 16.3. The van der Waals surface area contributed by atoms with Gasteiger partial charge in [0.1, 0.15) is 5.75 Å². The molecule has 34 heavy (non-hydrogen) atoms. The van der Waals surface area contributed by atoms with E-state index in [2.05, 4.69) is 10.1 Å². The molecule has 174 valence electrons. The van der Waals surface area contributed by atoms with E-state index in [1.54, 1.807) is 49.4 Å². The van der Waals surface area contributed by atoms with Crippen molar-refractivity contribution in [3.8, 4) is 5.75 Å². The number of fused-ring (bicyclic) bond motifs is 1. The zero-order chi connectivity index (χ0) is 24.9. The molecule has 4 aromatic rings. The summed E-state index contributed by atoms with van der Waals surface area (Å²) in [5, 5.41) is 23.3. The van der Waals surface area contributed by atoms with Gasteiger partial charge in [-0.1, -0.05) is 42.5 Å². The zero-order valence-electron chi connectivity index (χ0n) is 18.4. The van der Waals surface area contributed by atoms with Gasteiger partial charge in [0, 0.05) is 23.5 Å². The molecule has 7 N–H and O–H groups in total. The Hall–Kier alpha value is -4.76. The normalized spacial score (nSPS) is 10.2. The molecule has 0 unspecified atom stereocenters. The topological polar surface area (TPSA) is 164 Å². The number of aromatic nitrogens is 1. The number of benzene rings is 3. The van der Waals surface area contributed by atoms with Gasteiger partial charge in [-0.25, -0.2) is 10.6 Å². The summed E-state index contributed by atoms with van der Waals surface area (Å²) in [5.41, 5.74) is 4.41. The number of carboxylic acid groups (broad SMARTS) is 1. The van der Waals surface area contributed by atoms with Crippen molar-refractivity contribution in [1.29, 1.82) is 0 Å². The molecule has 0 spiro atoms. The molecule has 3 aromatic carbocycles. The second-order valence-corrected chi connectivity index (χ2v) is 6.84. The van der Waals surface area contributed by atoms with Crippen molar-refractivity contribution in [3.63, 3.8) is 0 Å². The number of hydrazine groups is 1. The number of aromatic hydroxyl groups is 1. The third kappa shape index (κ3) is 7.74. The first-order valence-electron chi connectivity index (χ1n) is 10.0. The smallest absolute Gasteiger partial charge is 0.335 e. The number of phenolic OH excluding ortho intramolecular Hbond substituents is 1. The molecule has 0 bridgehead atoms. The molecule has 0 atom stereocenters. The van der Waals surface area contributed by atoms with Gasteiger partial charge < -0.3 is 16.1 Å². The minimum Gasteiger partial charge on any atom is -0.508 e. The van der Waals surface area contributed by atoms with E-state index in [1.165, 1.54) is 12.4 Å². The molecule has 0 aliphatic carbocycles. The number of carboxylic acids is 1. The van der Waals surface area contributed by atoms with Crippen LogP contribution in [0, 0.1) is 0 Å². The second kappa shape index (κ2) is 12.9. The maximum Gasteiger partial charge on any atom is 0.335 e. The van der Waals surface area contributed by atoms with Crippen molar-refractivity contribution >= 4 is 28.4 Å². The number of hydrazone groups is 1. The molecule has 0 saturated heterocycles. The number of amides is 1. The average molecular weight is 460 g/mol. The van der Waals surface area contributed by atoms with Gasteiger partial charge in [-0.05, 0) is 54.1 Å². The van der Waals surface area contributed by atoms with Crippen molar-refractivity contribution in [3.05, 3.63) is 108 Å². The highest BCUT2D eigenvalue weighted by Crippen LogP contribution is 2.15. The third-order valence-corrected chi connectivity index (χ3v) is 4.53. The molecule has 0 saturated carbocycles. The number of nitrogens with two attached hydrogens (primary N) is 2. The molecule has 1 amide bonds. The summed E-state index contributed by atoms with van der Waals surface area (Å²) in [6.45, 7) is 1.79. The van der Waals surface area contributed by atoms with Gasteiger partial charge in [0.05, 0.1) is 11.3 Å². The van der Waals surface area contributed by atoms with Crippen molar-refractivity contribution < 1.29 is 19.8 Å². The standard InChI is InChI=1S/C11H8O2.C8H10N2O.C6H7N3O/c12-11(13)10-6-5-8-3-1-2-4-9(8)7-10;1-6(10-9)7-3-2-4-8(11)5-7;7-9-6(10)5-1-3-8-4-2-5/h1-7H,(H,12,13);2-5,11H,9H2,1H3;1-4H,7H2,(H,9,10). The predicted octanol–water partition coefficient (Wildman–Crippen LogP) is 3.30. The molecule has 0 aliphatic rings. The maximum atomic E-state index is 10.7. The molecule has 9 nitrogen and oxygen atoms in total. The summed E-state index contributed by atoms with van der Waals surface area (Å²) < 4.78 is 0. The van der Waals surface area contributed by atoms with Crippen LogP contribution < -0.4 is 17.1 Å². The number of nitrogens with zero attached hydrogens (tertiary/aromatic N) is 2. The van der Waals surface area contributed by atoms with Crippen LogP contribution >= 0.6 is 0 Å². The van der Waals surface area contributed by atoms with Gasteiger partial charge in [-0.2, -0.15) is 5.10 Å². The van der Waals surface area contributed by atoms with E-state index in [1.807, 2.05) is 41.8 Å². The number of pyridine rings is 1. The van der Waals surface area contributed by atoms with E-state index in [0.717, 1.165) is 16.3 Å². The minimum absolute atomic E-state index is 0.227. The summed E-state index contributed by atoms with van der Waals surface area (Å²) in [6, 6.07) is 22.8. The highest BCUT2D eigenvalue weighted by Gasteiger charge is 2.02. The van der Waals surface area contributed by atoms with E-state index in [-0.39, 0.29) is 11.7 Å². The summed E-state index contributed by atoms with van der Waals surface area (Å²) in [5.74, 6) is 8.98. The van der Waals surface area contributed by atoms with Gasteiger partial charge in [0.2, 0.25) is 0 Å². The SMILES string of the molecule is CC(=NN)c1cccc(O)c1.NNC(=O)c1ccncc1.O=C(O)c1ccc2ccccc2c1. The lowest BCUT2D eigenvalue weighted by Crippen LogP contribution is -2.29. The number of nitrogens with one attached hydrogen (secondary N) is 1. The van der Waals surface area contributed by atoms with Crippen LogP contribution in [0.4, 0.5) is 0 Å². The highest BCUT2D eigenvalue weighted by atomic mass is 16.4. The second-order valence-electron chi connectivity index (χ2n) is 6.84. The van der Waals surface area contributed by atoms with E-state index >= 15 is 0 Å². The Morgan fingerprint density at radius 3 is 2.12 bits per heavy atom. The lowest BCUT2D eigenvalue weighted by atomic mass is 10.1. The maximum absolute atomic E-state index is 10.7. The lowest BCUT2D eigenvalue weighted by molar-refractivity contribution is 0.0696. The molecule has 0 fully saturated rings. The number of aromatic carboxylic acids is 1. The Kier molecular flexibility index (Phi) is 9.71. The van der Waals surface area contributed by atoms with Gasteiger partial charge in [0.25, 0.3) is 5.91 Å². The van der Waals surface area contributed by atoms with Crippen LogP contribution in [0.2, 0.25) is 0 Å². The molecular formula is C25H25N5O4. The number of rotatable bonds is 3. The van der Waals surface area contributed by atoms with Crippen LogP contribution in [0.5, 0.6) is 5.75 Å². The van der Waals surface area contributed by atoms with Crippen LogP contribution in [0.15, 0.2) is 96.4 Å². The molecule has 4 rings (SSSR count). The monoisotopic (exact) mass is 459 g/mol. The van der Waals surface area contributed by atoms with E-state index in [9.17, 15) is 9.59 Å². The lowest BCUT2D eigenvalue weighted by Gasteiger charge is -1.98. The van der Waals surface area contributed by atoms with Gasteiger partial charge in [-0.3, -0.25) is 15.2 Å². The van der Waals surface area contributed by atoms with Gasteiger partial charge in [-0.15, -0.1) is 0 Å². The summed E-state index contributed by atoms with van der Waals surface area (Å²) in [4.78, 5) is 25.1. The van der Waals surface area contributed by atoms with E-state index in [4.69, 9.17) is 21.9 Å². The average Bonchev–Trinajstić information content (AvgIpc) is 2.88. The quantitative estimate of drug-likeness (QED) is 0.136. The number of carbonyl (C=O) groups is 2. The van der Waals surface area contributed by atoms with Crippen molar-refractivity contribution in [2.45, 2.75) is 6.92 Å². The molecule has 1 aromatic heterocycles.